The molecule has 0 spiro atoms. The third-order valence-electron chi connectivity index (χ3n) is 6.69. The van der Waals surface area contributed by atoms with Crippen LogP contribution in [0.1, 0.15) is 61.3 Å². The molecule has 35 heavy (non-hydrogen) atoms. The fourth-order valence-corrected chi connectivity index (χ4v) is 5.14. The van der Waals surface area contributed by atoms with E-state index < -0.39 is 17.2 Å². The summed E-state index contributed by atoms with van der Waals surface area (Å²) >= 11 is 6.82. The number of hydrogen-bond acceptors (Lipinski definition) is 4. The Balaban J connectivity index is 1.76. The fraction of sp³-hybridized carbons (Fsp3) is 0.481. The molecule has 1 aliphatic heterocycles. The molecule has 1 aromatic heterocycles. The minimum absolute atomic E-state index is 0.00335. The van der Waals surface area contributed by atoms with Gasteiger partial charge in [-0.3, -0.25) is 4.79 Å². The van der Waals surface area contributed by atoms with Gasteiger partial charge in [0.2, 0.25) is 5.43 Å². The first-order valence-electron chi connectivity index (χ1n) is 12.0. The molecule has 2 heterocycles. The molecule has 1 atom stereocenters. The number of terminal acetylenes is 2. The zero-order chi connectivity index (χ0) is 25.1. The molecule has 2 aromatic rings. The Labute approximate surface area is 209 Å². The summed E-state index contributed by atoms with van der Waals surface area (Å²) in [6.07, 6.45) is 17.6. The Morgan fingerprint density at radius 3 is 2.63 bits per heavy atom. The number of nitrogens with zero attached hydrogens (tertiary/aromatic N) is 2. The number of hydrogen-bond donors (Lipinski definition) is 1. The number of esters is 1. The van der Waals surface area contributed by atoms with E-state index >= 15 is 4.39 Å². The maximum atomic E-state index is 15.5. The quantitative estimate of drug-likeness (QED) is 0.467. The summed E-state index contributed by atoms with van der Waals surface area (Å²) < 4.78 is 22.7. The summed E-state index contributed by atoms with van der Waals surface area (Å²) in [5.74, 6) is 3.48. The van der Waals surface area contributed by atoms with Crippen LogP contribution in [0.15, 0.2) is 17.1 Å². The second-order valence-electron chi connectivity index (χ2n) is 9.52. The first-order chi connectivity index (χ1) is 16.8. The van der Waals surface area contributed by atoms with Crippen LogP contribution < -0.4 is 16.1 Å². The Hall–Kier alpha value is -3.00. The highest BCUT2D eigenvalue weighted by molar-refractivity contribution is 6.38. The zero-order valence-corrected chi connectivity index (χ0v) is 20.5. The molecular formula is C27H30ClFN3O3+. The maximum Gasteiger partial charge on any atom is 0.343 e. The lowest BCUT2D eigenvalue weighted by Crippen LogP contribution is -2.64. The molecule has 0 bridgehead atoms. The van der Waals surface area contributed by atoms with Gasteiger partial charge in [-0.05, 0) is 31.7 Å². The molecule has 0 unspecified atom stereocenters. The average Bonchev–Trinajstić information content (AvgIpc) is 3.67. The molecule has 3 N–H and O–H groups in total. The number of aromatic nitrogens is 1. The molecule has 184 valence electrons. The number of ether oxygens (including phenoxy) is 1. The van der Waals surface area contributed by atoms with Crippen molar-refractivity contribution in [1.82, 2.24) is 4.57 Å². The van der Waals surface area contributed by atoms with Gasteiger partial charge in [-0.25, -0.2) is 9.18 Å². The molecule has 4 rings (SSSR count). The largest absolute Gasteiger partial charge is 0.462 e. The number of pyridine rings is 1. The van der Waals surface area contributed by atoms with Crippen molar-refractivity contribution in [3.05, 3.63) is 38.9 Å². The Kier molecular flexibility index (Phi) is 7.69. The average molecular weight is 499 g/mol. The third-order valence-corrected chi connectivity index (χ3v) is 7.05. The van der Waals surface area contributed by atoms with Gasteiger partial charge >= 0.3 is 5.97 Å². The number of anilines is 1. The fourth-order valence-electron chi connectivity index (χ4n) is 4.74. The van der Waals surface area contributed by atoms with Gasteiger partial charge in [-0.1, -0.05) is 11.6 Å². The van der Waals surface area contributed by atoms with Crippen LogP contribution in [0.5, 0.6) is 0 Å². The summed E-state index contributed by atoms with van der Waals surface area (Å²) in [4.78, 5) is 28.2. The van der Waals surface area contributed by atoms with Crippen molar-refractivity contribution in [2.45, 2.75) is 57.0 Å². The molecule has 1 saturated carbocycles. The lowest BCUT2D eigenvalue weighted by Gasteiger charge is -2.26. The Morgan fingerprint density at radius 2 is 1.97 bits per heavy atom. The standard InChI is InChI=1S/C27H29ClFN3O3/c1-3-7-17(8-4-2)16-35-27(34)21-15-32(19-10-11-19)24-20(26(21)33)13-22(29)25(23(24)28)31-12-6-5-9-18(30)14-31/h1-2,13,15,17-19H,5-12,14,16,30H2/p+1/t18-/m1/s1. The highest BCUT2D eigenvalue weighted by Crippen LogP contribution is 2.42. The van der Waals surface area contributed by atoms with Crippen LogP contribution >= 0.6 is 11.6 Å². The highest BCUT2D eigenvalue weighted by atomic mass is 35.5. The number of carbonyl (C=O) groups is 1. The number of fused-ring (bicyclic) bond motifs is 1. The van der Waals surface area contributed by atoms with Crippen LogP contribution in [-0.4, -0.2) is 36.3 Å². The normalized spacial score (nSPS) is 18.2. The van der Waals surface area contributed by atoms with Gasteiger partial charge in [-0.2, -0.15) is 0 Å². The van der Waals surface area contributed by atoms with Crippen LogP contribution in [0.3, 0.4) is 0 Å². The second-order valence-corrected chi connectivity index (χ2v) is 9.89. The van der Waals surface area contributed by atoms with E-state index in [0.717, 1.165) is 32.1 Å². The van der Waals surface area contributed by atoms with Crippen LogP contribution in [0.2, 0.25) is 5.02 Å². The predicted molar refractivity (Wildman–Crippen MR) is 135 cm³/mol. The zero-order valence-electron chi connectivity index (χ0n) is 19.7. The summed E-state index contributed by atoms with van der Waals surface area (Å²) in [6.45, 7) is 1.27. The lowest BCUT2D eigenvalue weighted by atomic mass is 10.0. The van der Waals surface area contributed by atoms with Crippen molar-refractivity contribution in [3.8, 4) is 24.7 Å². The molecule has 2 fully saturated rings. The van der Waals surface area contributed by atoms with Gasteiger partial charge in [-0.15, -0.1) is 24.7 Å². The molecule has 6 nitrogen and oxygen atoms in total. The SMILES string of the molecule is C#CCC(CC#C)COC(=O)c1cn(C2CC2)c2c(Cl)c(N3CCCC[C@@H]([NH3+])C3)c(F)cc2c1=O. The molecule has 1 saturated heterocycles. The first-order valence-corrected chi connectivity index (χ1v) is 12.4. The van der Waals surface area contributed by atoms with E-state index in [1.54, 1.807) is 0 Å². The van der Waals surface area contributed by atoms with E-state index in [0.29, 0.717) is 37.1 Å². The Bertz CT molecular complexity index is 1260. The predicted octanol–water partition coefficient (Wildman–Crippen LogP) is 3.55. The summed E-state index contributed by atoms with van der Waals surface area (Å²) in [5, 5.41) is 0.267. The van der Waals surface area contributed by atoms with Crippen LogP contribution in [0.4, 0.5) is 10.1 Å². The summed E-state index contributed by atoms with van der Waals surface area (Å²) in [6, 6.07) is 1.46. The van der Waals surface area contributed by atoms with E-state index in [2.05, 4.69) is 17.6 Å². The van der Waals surface area contributed by atoms with Gasteiger partial charge in [0.15, 0.2) is 0 Å². The number of halogens is 2. The second kappa shape index (κ2) is 10.7. The molecule has 2 aliphatic rings. The van der Waals surface area contributed by atoms with Crippen molar-refractivity contribution in [2.75, 3.05) is 24.6 Å². The smallest absolute Gasteiger partial charge is 0.343 e. The topological polar surface area (TPSA) is 79.2 Å². The monoisotopic (exact) mass is 498 g/mol. The van der Waals surface area contributed by atoms with E-state index in [1.807, 2.05) is 9.47 Å². The van der Waals surface area contributed by atoms with Crippen LogP contribution in [0.25, 0.3) is 10.9 Å². The van der Waals surface area contributed by atoms with Crippen molar-refractivity contribution in [2.24, 2.45) is 5.92 Å². The minimum atomic E-state index is -0.779. The van der Waals surface area contributed by atoms with Gasteiger partial charge in [0.25, 0.3) is 0 Å². The number of rotatable bonds is 7. The molecule has 0 radical (unpaired) electrons. The van der Waals surface area contributed by atoms with E-state index in [4.69, 9.17) is 29.2 Å². The molecule has 1 aromatic carbocycles. The molecule has 8 heteroatoms. The van der Waals surface area contributed by atoms with Gasteiger partial charge < -0.3 is 19.9 Å². The number of quaternary nitrogens is 1. The number of carbonyl (C=O) groups excluding carboxylic acids is 1. The van der Waals surface area contributed by atoms with Gasteiger partial charge in [0.05, 0.1) is 34.8 Å². The van der Waals surface area contributed by atoms with Gasteiger partial charge in [0, 0.05) is 44.0 Å². The first kappa shape index (κ1) is 25.1. The summed E-state index contributed by atoms with van der Waals surface area (Å²) in [5.41, 5.74) is 4.16. The van der Waals surface area contributed by atoms with Crippen molar-refractivity contribution in [3.63, 3.8) is 0 Å². The molecule has 1 aliphatic carbocycles. The van der Waals surface area contributed by atoms with Crippen LogP contribution in [-0.2, 0) is 4.74 Å². The van der Waals surface area contributed by atoms with E-state index in [9.17, 15) is 9.59 Å². The minimum Gasteiger partial charge on any atom is -0.462 e. The van der Waals surface area contributed by atoms with Crippen molar-refractivity contribution in [1.29, 1.82) is 0 Å². The summed E-state index contributed by atoms with van der Waals surface area (Å²) in [7, 11) is 0. The molecular weight excluding hydrogens is 469 g/mol. The van der Waals surface area contributed by atoms with Crippen molar-refractivity contribution >= 4 is 34.2 Å². The van der Waals surface area contributed by atoms with Gasteiger partial charge in [0.1, 0.15) is 17.4 Å². The third kappa shape index (κ3) is 5.32. The van der Waals surface area contributed by atoms with E-state index in [-0.39, 0.29) is 40.6 Å². The van der Waals surface area contributed by atoms with Crippen LogP contribution in [0, 0.1) is 36.4 Å². The number of benzene rings is 1. The van der Waals surface area contributed by atoms with Crippen molar-refractivity contribution < 1.29 is 19.7 Å². The molecule has 0 amide bonds. The highest BCUT2D eigenvalue weighted by Gasteiger charge is 2.31. The maximum absolute atomic E-state index is 15.5. The van der Waals surface area contributed by atoms with E-state index in [1.165, 1.54) is 12.3 Å². The lowest BCUT2D eigenvalue weighted by molar-refractivity contribution is -0.416. The Morgan fingerprint density at radius 1 is 1.26 bits per heavy atom.